The largest absolute Gasteiger partial charge is 0.327 e. The lowest BCUT2D eigenvalue weighted by atomic mass is 9.97. The van der Waals surface area contributed by atoms with Gasteiger partial charge in [-0.15, -0.1) is 0 Å². The minimum atomic E-state index is -2.88. The van der Waals surface area contributed by atoms with E-state index >= 15 is 0 Å². The fraction of sp³-hybridized carbons (Fsp3) is 0.375. The molecular formula is C16H21NO2S. The summed E-state index contributed by atoms with van der Waals surface area (Å²) in [6.07, 6.45) is 3.41. The van der Waals surface area contributed by atoms with E-state index in [0.717, 1.165) is 12.8 Å². The van der Waals surface area contributed by atoms with Gasteiger partial charge in [-0.05, 0) is 35.6 Å². The molecule has 0 spiro atoms. The fourth-order valence-electron chi connectivity index (χ4n) is 2.46. The van der Waals surface area contributed by atoms with Crippen LogP contribution in [-0.4, -0.2) is 26.5 Å². The highest BCUT2D eigenvalue weighted by Crippen LogP contribution is 2.20. The molecule has 0 aliphatic heterocycles. The lowest BCUT2D eigenvalue weighted by molar-refractivity contribution is 0.578. The molecule has 0 saturated heterocycles. The van der Waals surface area contributed by atoms with Gasteiger partial charge in [0.25, 0.3) is 0 Å². The molecule has 2 N–H and O–H groups in total. The molecular weight excluding hydrogens is 270 g/mol. The molecule has 0 aliphatic carbocycles. The average Bonchev–Trinajstić information content (AvgIpc) is 2.37. The first-order valence-electron chi connectivity index (χ1n) is 6.86. The third-order valence-corrected chi connectivity index (χ3v) is 4.48. The first-order valence-corrected chi connectivity index (χ1v) is 8.92. The lowest BCUT2D eigenvalue weighted by Crippen LogP contribution is -2.23. The maximum atomic E-state index is 11.1. The third-order valence-electron chi connectivity index (χ3n) is 3.45. The highest BCUT2D eigenvalue weighted by molar-refractivity contribution is 7.90. The van der Waals surface area contributed by atoms with E-state index in [2.05, 4.69) is 24.3 Å². The maximum absolute atomic E-state index is 11.1. The van der Waals surface area contributed by atoms with Crippen molar-refractivity contribution >= 4 is 20.6 Å². The van der Waals surface area contributed by atoms with Crippen molar-refractivity contribution in [2.45, 2.75) is 25.3 Å². The van der Waals surface area contributed by atoms with E-state index in [1.54, 1.807) is 0 Å². The van der Waals surface area contributed by atoms with E-state index in [4.69, 9.17) is 5.73 Å². The van der Waals surface area contributed by atoms with Crippen LogP contribution < -0.4 is 5.73 Å². The van der Waals surface area contributed by atoms with Crippen LogP contribution in [-0.2, 0) is 16.3 Å². The zero-order chi connectivity index (χ0) is 14.6. The Bertz CT molecular complexity index is 674. The quantitative estimate of drug-likeness (QED) is 0.889. The molecule has 1 unspecified atom stereocenters. The van der Waals surface area contributed by atoms with Gasteiger partial charge in [0.15, 0.2) is 0 Å². The molecule has 108 valence electrons. The zero-order valence-corrected chi connectivity index (χ0v) is 12.6. The van der Waals surface area contributed by atoms with E-state index in [1.807, 2.05) is 18.2 Å². The van der Waals surface area contributed by atoms with Crippen molar-refractivity contribution in [3.63, 3.8) is 0 Å². The monoisotopic (exact) mass is 291 g/mol. The van der Waals surface area contributed by atoms with Crippen LogP contribution in [0.2, 0.25) is 0 Å². The van der Waals surface area contributed by atoms with Gasteiger partial charge in [-0.2, -0.15) is 0 Å². The molecule has 0 heterocycles. The van der Waals surface area contributed by atoms with Gasteiger partial charge in [-0.1, -0.05) is 42.5 Å². The molecule has 0 saturated carbocycles. The second-order valence-electron chi connectivity index (χ2n) is 5.37. The van der Waals surface area contributed by atoms with Crippen LogP contribution in [0.5, 0.6) is 0 Å². The molecule has 0 aliphatic rings. The molecule has 3 nitrogen and oxygen atoms in total. The molecule has 0 bridgehead atoms. The Kier molecular flexibility index (Phi) is 4.78. The second kappa shape index (κ2) is 6.37. The van der Waals surface area contributed by atoms with Gasteiger partial charge in [0, 0.05) is 18.1 Å². The molecule has 2 aromatic rings. The summed E-state index contributed by atoms with van der Waals surface area (Å²) in [5, 5.41) is 2.45. The summed E-state index contributed by atoms with van der Waals surface area (Å²) in [6.45, 7) is 0. The molecule has 0 fully saturated rings. The van der Waals surface area contributed by atoms with Crippen LogP contribution in [0.3, 0.4) is 0 Å². The van der Waals surface area contributed by atoms with E-state index in [1.165, 1.54) is 22.6 Å². The average molecular weight is 291 g/mol. The van der Waals surface area contributed by atoms with Gasteiger partial charge in [0.2, 0.25) is 0 Å². The number of benzene rings is 2. The Morgan fingerprint density at radius 1 is 1.10 bits per heavy atom. The molecule has 20 heavy (non-hydrogen) atoms. The Balaban J connectivity index is 2.01. The molecule has 2 aromatic carbocycles. The summed E-state index contributed by atoms with van der Waals surface area (Å²) in [5.41, 5.74) is 7.36. The molecule has 0 aromatic heterocycles. The Morgan fingerprint density at radius 2 is 1.80 bits per heavy atom. The molecule has 0 amide bonds. The molecule has 4 heteroatoms. The van der Waals surface area contributed by atoms with Crippen molar-refractivity contribution in [3.05, 3.63) is 48.0 Å². The zero-order valence-electron chi connectivity index (χ0n) is 11.7. The predicted octanol–water partition coefficient (Wildman–Crippen LogP) is 2.53. The first kappa shape index (κ1) is 15.0. The van der Waals surface area contributed by atoms with E-state index in [9.17, 15) is 8.42 Å². The van der Waals surface area contributed by atoms with E-state index < -0.39 is 9.84 Å². The SMILES string of the molecule is CS(=O)(=O)CCCC(N)Cc1cccc2ccccc12. The van der Waals surface area contributed by atoms with Gasteiger partial charge in [0.05, 0.1) is 0 Å². The standard InChI is InChI=1S/C16H21NO2S/c1-20(18,19)11-5-9-15(17)12-14-8-4-7-13-6-2-3-10-16(13)14/h2-4,6-8,10,15H,5,9,11-12,17H2,1H3. The number of fused-ring (bicyclic) bond motifs is 1. The van der Waals surface area contributed by atoms with Gasteiger partial charge in [0.1, 0.15) is 9.84 Å². The van der Waals surface area contributed by atoms with E-state index in [0.29, 0.717) is 6.42 Å². The lowest BCUT2D eigenvalue weighted by Gasteiger charge is -2.13. The number of hydrogen-bond acceptors (Lipinski definition) is 3. The molecule has 2 rings (SSSR count). The minimum absolute atomic E-state index is 0.00237. The van der Waals surface area contributed by atoms with Gasteiger partial charge < -0.3 is 5.73 Å². The summed E-state index contributed by atoms with van der Waals surface area (Å²) in [6, 6.07) is 14.5. The van der Waals surface area contributed by atoms with Crippen molar-refractivity contribution in [2.75, 3.05) is 12.0 Å². The van der Waals surface area contributed by atoms with Gasteiger partial charge >= 0.3 is 0 Å². The Labute approximate surface area is 120 Å². The van der Waals surface area contributed by atoms with Crippen LogP contribution in [0.25, 0.3) is 10.8 Å². The number of nitrogens with two attached hydrogens (primary N) is 1. The number of sulfone groups is 1. The first-order chi connectivity index (χ1) is 9.46. The molecule has 1 atom stereocenters. The van der Waals surface area contributed by atoms with Crippen molar-refractivity contribution in [3.8, 4) is 0 Å². The Hall–Kier alpha value is -1.39. The summed E-state index contributed by atoms with van der Waals surface area (Å²) >= 11 is 0. The van der Waals surface area contributed by atoms with Gasteiger partial charge in [-0.25, -0.2) is 8.42 Å². The summed E-state index contributed by atoms with van der Waals surface area (Å²) in [5.74, 6) is 0.218. The molecule has 0 radical (unpaired) electrons. The maximum Gasteiger partial charge on any atom is 0.147 e. The summed E-state index contributed by atoms with van der Waals surface area (Å²) < 4.78 is 22.2. The fourth-order valence-corrected chi connectivity index (χ4v) is 3.15. The highest BCUT2D eigenvalue weighted by Gasteiger charge is 2.09. The third kappa shape index (κ3) is 4.32. The van der Waals surface area contributed by atoms with Crippen molar-refractivity contribution in [1.82, 2.24) is 0 Å². The van der Waals surface area contributed by atoms with Crippen molar-refractivity contribution in [2.24, 2.45) is 5.73 Å². The number of rotatable bonds is 6. The smallest absolute Gasteiger partial charge is 0.147 e. The predicted molar refractivity (Wildman–Crippen MR) is 84.6 cm³/mol. The minimum Gasteiger partial charge on any atom is -0.327 e. The van der Waals surface area contributed by atoms with Crippen molar-refractivity contribution in [1.29, 1.82) is 0 Å². The van der Waals surface area contributed by atoms with E-state index in [-0.39, 0.29) is 11.8 Å². The summed E-state index contributed by atoms with van der Waals surface area (Å²) in [4.78, 5) is 0. The number of hydrogen-bond donors (Lipinski definition) is 1. The van der Waals surface area contributed by atoms with Crippen LogP contribution in [0.4, 0.5) is 0 Å². The normalized spacial score (nSPS) is 13.5. The summed E-state index contributed by atoms with van der Waals surface area (Å²) in [7, 11) is -2.88. The van der Waals surface area contributed by atoms with Crippen LogP contribution >= 0.6 is 0 Å². The van der Waals surface area contributed by atoms with Crippen molar-refractivity contribution < 1.29 is 8.42 Å². The van der Waals surface area contributed by atoms with Crippen LogP contribution in [0, 0.1) is 0 Å². The topological polar surface area (TPSA) is 60.2 Å². The highest BCUT2D eigenvalue weighted by atomic mass is 32.2. The van der Waals surface area contributed by atoms with Gasteiger partial charge in [-0.3, -0.25) is 0 Å². The second-order valence-corrected chi connectivity index (χ2v) is 7.63. The van der Waals surface area contributed by atoms with Crippen LogP contribution in [0.1, 0.15) is 18.4 Å². The Morgan fingerprint density at radius 3 is 2.55 bits per heavy atom. The van der Waals surface area contributed by atoms with Crippen LogP contribution in [0.15, 0.2) is 42.5 Å².